The Bertz CT molecular complexity index is 991. The van der Waals surface area contributed by atoms with Gasteiger partial charge in [-0.1, -0.05) is 29.8 Å². The lowest BCUT2D eigenvalue weighted by Gasteiger charge is -2.30. The molecule has 1 aliphatic rings. The van der Waals surface area contributed by atoms with Crippen LogP contribution in [0, 0.1) is 6.92 Å². The predicted octanol–water partition coefficient (Wildman–Crippen LogP) is 4.47. The Hall–Kier alpha value is -2.37. The van der Waals surface area contributed by atoms with Gasteiger partial charge < -0.3 is 15.3 Å². The van der Waals surface area contributed by atoms with Crippen LogP contribution in [-0.4, -0.2) is 46.4 Å². The van der Waals surface area contributed by atoms with E-state index in [-0.39, 0.29) is 5.75 Å². The van der Waals surface area contributed by atoms with Crippen molar-refractivity contribution in [1.29, 1.82) is 0 Å². The Labute approximate surface area is 164 Å². The van der Waals surface area contributed by atoms with E-state index in [2.05, 4.69) is 27.5 Å². The largest absolute Gasteiger partial charge is 0.507 e. The zero-order chi connectivity index (χ0) is 19.0. The number of benzene rings is 2. The van der Waals surface area contributed by atoms with E-state index in [1.54, 1.807) is 6.07 Å². The van der Waals surface area contributed by atoms with E-state index in [9.17, 15) is 5.11 Å². The Morgan fingerprint density at radius 1 is 1.22 bits per heavy atom. The van der Waals surface area contributed by atoms with Crippen LogP contribution in [0.3, 0.4) is 0 Å². The fourth-order valence-electron chi connectivity index (χ4n) is 3.78. The molecule has 27 heavy (non-hydrogen) atoms. The fourth-order valence-corrected chi connectivity index (χ4v) is 4.04. The maximum absolute atomic E-state index is 10.4. The van der Waals surface area contributed by atoms with Gasteiger partial charge in [0, 0.05) is 28.9 Å². The molecule has 1 aromatic heterocycles. The Morgan fingerprint density at radius 2 is 2.07 bits per heavy atom. The number of anilines is 1. The maximum Gasteiger partial charge on any atom is 0.156 e. The van der Waals surface area contributed by atoms with Crippen LogP contribution in [-0.2, 0) is 0 Å². The molecule has 5 nitrogen and oxygen atoms in total. The Kier molecular flexibility index (Phi) is 4.89. The first-order valence-corrected chi connectivity index (χ1v) is 9.60. The van der Waals surface area contributed by atoms with E-state index in [0.29, 0.717) is 22.3 Å². The second kappa shape index (κ2) is 7.33. The third-order valence-corrected chi connectivity index (χ3v) is 5.44. The van der Waals surface area contributed by atoms with Crippen molar-refractivity contribution in [2.75, 3.05) is 25.5 Å². The highest BCUT2D eigenvalue weighted by molar-refractivity contribution is 6.37. The van der Waals surface area contributed by atoms with Crippen LogP contribution in [0.4, 0.5) is 5.82 Å². The van der Waals surface area contributed by atoms with Gasteiger partial charge in [0.15, 0.2) is 5.82 Å². The molecule has 2 N–H and O–H groups in total. The second-order valence-electron chi connectivity index (χ2n) is 7.33. The summed E-state index contributed by atoms with van der Waals surface area (Å²) in [5, 5.41) is 25.2. The third kappa shape index (κ3) is 3.57. The van der Waals surface area contributed by atoms with Gasteiger partial charge in [0.25, 0.3) is 0 Å². The number of likely N-dealkylation sites (tertiary alicyclic amines) is 1. The minimum absolute atomic E-state index is 0.181. The first-order valence-electron chi connectivity index (χ1n) is 9.23. The molecular weight excluding hydrogens is 360 g/mol. The van der Waals surface area contributed by atoms with Gasteiger partial charge in [-0.05, 0) is 57.1 Å². The lowest BCUT2D eigenvalue weighted by molar-refractivity contribution is 0.261. The normalized spacial score (nSPS) is 18.0. The summed E-state index contributed by atoms with van der Waals surface area (Å²) in [6.07, 6.45) is 2.27. The van der Waals surface area contributed by atoms with Crippen molar-refractivity contribution in [3.8, 4) is 17.0 Å². The van der Waals surface area contributed by atoms with Crippen LogP contribution >= 0.6 is 11.6 Å². The first kappa shape index (κ1) is 18.0. The van der Waals surface area contributed by atoms with Gasteiger partial charge in [-0.15, -0.1) is 10.2 Å². The summed E-state index contributed by atoms with van der Waals surface area (Å²) in [7, 11) is 2.14. The molecule has 140 valence electrons. The van der Waals surface area contributed by atoms with Gasteiger partial charge in [-0.25, -0.2) is 0 Å². The van der Waals surface area contributed by atoms with Crippen molar-refractivity contribution in [1.82, 2.24) is 15.1 Å². The van der Waals surface area contributed by atoms with E-state index in [0.717, 1.165) is 48.1 Å². The molecule has 1 saturated heterocycles. The molecule has 3 aromatic rings. The number of aryl methyl sites for hydroxylation is 1. The first-order chi connectivity index (χ1) is 13.0. The molecule has 0 unspecified atom stereocenters. The predicted molar refractivity (Wildman–Crippen MR) is 111 cm³/mol. The van der Waals surface area contributed by atoms with E-state index in [1.165, 1.54) is 0 Å². The van der Waals surface area contributed by atoms with Crippen LogP contribution in [0.1, 0.15) is 18.4 Å². The smallest absolute Gasteiger partial charge is 0.156 e. The van der Waals surface area contributed by atoms with Crippen LogP contribution in [0.25, 0.3) is 22.0 Å². The number of nitrogens with zero attached hydrogens (tertiary/aromatic N) is 3. The van der Waals surface area contributed by atoms with Gasteiger partial charge in [-0.2, -0.15) is 0 Å². The lowest BCUT2D eigenvalue weighted by atomic mass is 10.0. The summed E-state index contributed by atoms with van der Waals surface area (Å²) in [5.41, 5.74) is 2.22. The number of halogens is 1. The highest BCUT2D eigenvalue weighted by Gasteiger charge is 2.21. The average Bonchev–Trinajstić information content (AvgIpc) is 2.63. The second-order valence-corrected chi connectivity index (χ2v) is 7.73. The van der Waals surface area contributed by atoms with Crippen LogP contribution < -0.4 is 5.32 Å². The summed E-state index contributed by atoms with van der Waals surface area (Å²) in [4.78, 5) is 2.32. The van der Waals surface area contributed by atoms with Gasteiger partial charge in [0.1, 0.15) is 11.4 Å². The molecule has 0 spiro atoms. The molecule has 4 rings (SSSR count). The number of nitrogens with one attached hydrogen (secondary N) is 1. The van der Waals surface area contributed by atoms with Gasteiger partial charge in [0.2, 0.25) is 0 Å². The lowest BCUT2D eigenvalue weighted by Crippen LogP contribution is -2.40. The monoisotopic (exact) mass is 382 g/mol. The van der Waals surface area contributed by atoms with Crippen LogP contribution in [0.2, 0.25) is 5.02 Å². The topological polar surface area (TPSA) is 61.3 Å². The molecule has 0 amide bonds. The van der Waals surface area contributed by atoms with E-state index in [4.69, 9.17) is 11.6 Å². The molecule has 1 fully saturated rings. The summed E-state index contributed by atoms with van der Waals surface area (Å²) in [6.45, 7) is 4.04. The zero-order valence-corrected chi connectivity index (χ0v) is 16.3. The number of piperidine rings is 1. The van der Waals surface area contributed by atoms with Crippen molar-refractivity contribution < 1.29 is 5.11 Å². The summed E-state index contributed by atoms with van der Waals surface area (Å²) < 4.78 is 0. The van der Waals surface area contributed by atoms with Gasteiger partial charge >= 0.3 is 0 Å². The molecule has 0 bridgehead atoms. The van der Waals surface area contributed by atoms with Gasteiger partial charge in [0.05, 0.1) is 5.02 Å². The molecule has 0 aliphatic carbocycles. The minimum atomic E-state index is 0.181. The number of hydrogen-bond acceptors (Lipinski definition) is 5. The number of likely N-dealkylation sites (N-methyl/N-ethyl adjacent to an activating group) is 1. The van der Waals surface area contributed by atoms with E-state index in [1.807, 2.05) is 37.3 Å². The van der Waals surface area contributed by atoms with Crippen molar-refractivity contribution >= 4 is 28.2 Å². The molecule has 2 heterocycles. The Balaban J connectivity index is 1.81. The number of phenols is 1. The van der Waals surface area contributed by atoms with E-state index >= 15 is 0 Å². The van der Waals surface area contributed by atoms with Crippen molar-refractivity contribution in [2.24, 2.45) is 0 Å². The standard InChI is InChI=1S/C21H23ClN4O/c1-13-8-9-15(18(27)11-13)20-19-16(6-3-7-17(19)22)21(25-24-20)23-14-5-4-10-26(2)12-14/h3,6-9,11,14,27H,4-5,10,12H2,1-2H3,(H,23,25)/t14-/m1/s1. The average molecular weight is 383 g/mol. The number of aromatic nitrogens is 2. The Morgan fingerprint density at radius 3 is 2.85 bits per heavy atom. The number of phenolic OH excluding ortho intramolecular Hbond substituents is 1. The molecule has 6 heteroatoms. The number of aromatic hydroxyl groups is 1. The van der Waals surface area contributed by atoms with Crippen LogP contribution in [0.15, 0.2) is 36.4 Å². The summed E-state index contributed by atoms with van der Waals surface area (Å²) >= 11 is 6.55. The molecular formula is C21H23ClN4O. The highest BCUT2D eigenvalue weighted by atomic mass is 35.5. The molecule has 1 aliphatic heterocycles. The number of hydrogen-bond donors (Lipinski definition) is 2. The van der Waals surface area contributed by atoms with Gasteiger partial charge in [-0.3, -0.25) is 0 Å². The minimum Gasteiger partial charge on any atom is -0.507 e. The van der Waals surface area contributed by atoms with E-state index < -0.39 is 0 Å². The molecule has 0 radical (unpaired) electrons. The number of fused-ring (bicyclic) bond motifs is 1. The molecule has 2 aromatic carbocycles. The fraction of sp³-hybridized carbons (Fsp3) is 0.333. The highest BCUT2D eigenvalue weighted by Crippen LogP contribution is 2.38. The third-order valence-electron chi connectivity index (χ3n) is 5.13. The van der Waals surface area contributed by atoms with Crippen molar-refractivity contribution in [3.05, 3.63) is 47.0 Å². The quantitative estimate of drug-likeness (QED) is 0.699. The maximum atomic E-state index is 10.4. The zero-order valence-electron chi connectivity index (χ0n) is 15.5. The summed E-state index contributed by atoms with van der Waals surface area (Å²) in [6, 6.07) is 11.6. The number of rotatable bonds is 3. The SMILES string of the molecule is Cc1ccc(-c2nnc(N[C@@H]3CCCN(C)C3)c3cccc(Cl)c23)c(O)c1. The molecule has 0 saturated carbocycles. The molecule has 1 atom stereocenters. The van der Waals surface area contributed by atoms with Crippen molar-refractivity contribution in [2.45, 2.75) is 25.8 Å². The van der Waals surface area contributed by atoms with Crippen molar-refractivity contribution in [3.63, 3.8) is 0 Å². The summed E-state index contributed by atoms with van der Waals surface area (Å²) in [5.74, 6) is 0.920. The van der Waals surface area contributed by atoms with Crippen LogP contribution in [0.5, 0.6) is 5.75 Å².